The molecule has 88 valence electrons. The molecule has 6 heteroatoms. The summed E-state index contributed by atoms with van der Waals surface area (Å²) in [4.78, 5) is 22.0. The Hall–Kier alpha value is -1.40. The number of esters is 1. The predicted molar refractivity (Wildman–Crippen MR) is 50.8 cm³/mol. The van der Waals surface area contributed by atoms with E-state index in [1.54, 1.807) is 0 Å². The summed E-state index contributed by atoms with van der Waals surface area (Å²) in [6.07, 6.45) is 1.09. The van der Waals surface area contributed by atoms with Crippen molar-refractivity contribution in [3.05, 3.63) is 11.6 Å². The number of rotatable bonds is 6. The number of carboxylic acid groups (broad SMARTS) is 1. The van der Waals surface area contributed by atoms with Crippen LogP contribution in [0, 0.1) is 0 Å². The maximum atomic E-state index is 11.5. The van der Waals surface area contributed by atoms with Gasteiger partial charge in [-0.1, -0.05) is 0 Å². The minimum atomic E-state index is -1.16. The molecule has 0 saturated carbocycles. The Kier molecular flexibility index (Phi) is 3.21. The number of ether oxygens (including phenoxy) is 3. The van der Waals surface area contributed by atoms with E-state index in [0.29, 0.717) is 13.2 Å². The Labute approximate surface area is 91.8 Å². The fraction of sp³-hybridized carbons (Fsp3) is 0.600. The van der Waals surface area contributed by atoms with Gasteiger partial charge >= 0.3 is 11.9 Å². The molecule has 2 aliphatic rings. The lowest BCUT2D eigenvalue weighted by atomic mass is 10.1. The second-order valence-electron chi connectivity index (χ2n) is 3.72. The molecule has 0 aromatic carbocycles. The average molecular weight is 228 g/mol. The number of carbonyl (C=O) groups is 2. The van der Waals surface area contributed by atoms with E-state index in [9.17, 15) is 9.59 Å². The molecule has 0 amide bonds. The molecule has 1 N–H and O–H groups in total. The lowest BCUT2D eigenvalue weighted by Crippen LogP contribution is -2.14. The number of hydrogen-bond acceptors (Lipinski definition) is 5. The minimum Gasteiger partial charge on any atom is -0.478 e. The highest BCUT2D eigenvalue weighted by molar-refractivity contribution is 5.95. The van der Waals surface area contributed by atoms with Crippen molar-refractivity contribution in [1.82, 2.24) is 0 Å². The molecule has 2 heterocycles. The largest absolute Gasteiger partial charge is 0.478 e. The van der Waals surface area contributed by atoms with E-state index in [1.807, 2.05) is 0 Å². The van der Waals surface area contributed by atoms with Gasteiger partial charge < -0.3 is 19.3 Å². The molecule has 16 heavy (non-hydrogen) atoms. The minimum absolute atomic E-state index is 0.0211. The number of aliphatic carboxylic acids is 1. The fourth-order valence-corrected chi connectivity index (χ4v) is 1.21. The first kappa shape index (κ1) is 11.1. The average Bonchev–Trinajstić information content (AvgIpc) is 3.06. The summed E-state index contributed by atoms with van der Waals surface area (Å²) in [7, 11) is 0. The van der Waals surface area contributed by atoms with Crippen LogP contribution in [0.25, 0.3) is 0 Å². The maximum absolute atomic E-state index is 11.5. The molecule has 0 aromatic rings. The first-order valence-corrected chi connectivity index (χ1v) is 4.99. The van der Waals surface area contributed by atoms with Crippen LogP contribution in [0.3, 0.4) is 0 Å². The van der Waals surface area contributed by atoms with Crippen LogP contribution < -0.4 is 0 Å². The van der Waals surface area contributed by atoms with Gasteiger partial charge in [-0.15, -0.1) is 0 Å². The van der Waals surface area contributed by atoms with E-state index in [-0.39, 0.29) is 30.8 Å². The van der Waals surface area contributed by atoms with Gasteiger partial charge in [0.15, 0.2) is 0 Å². The van der Waals surface area contributed by atoms with E-state index in [1.165, 1.54) is 0 Å². The Morgan fingerprint density at radius 3 is 2.44 bits per heavy atom. The number of carbonyl (C=O) groups excluding carboxylic acids is 1. The first-order valence-electron chi connectivity index (χ1n) is 4.99. The Morgan fingerprint density at radius 2 is 1.94 bits per heavy atom. The number of hydrogen-bond donors (Lipinski definition) is 1. The molecule has 2 aliphatic heterocycles. The molecule has 0 aromatic heterocycles. The Bertz CT molecular complexity index is 326. The Balaban J connectivity index is 1.86. The summed E-state index contributed by atoms with van der Waals surface area (Å²) in [6, 6.07) is 0. The van der Waals surface area contributed by atoms with Gasteiger partial charge in [-0.3, -0.25) is 0 Å². The van der Waals surface area contributed by atoms with E-state index in [0.717, 1.165) is 6.08 Å². The maximum Gasteiger partial charge on any atom is 0.334 e. The SMILES string of the molecule is O=C(O)C=C(CC1CO1)C(=O)OCC1CO1. The lowest BCUT2D eigenvalue weighted by molar-refractivity contribution is -0.140. The van der Waals surface area contributed by atoms with Gasteiger partial charge in [-0.25, -0.2) is 9.59 Å². The van der Waals surface area contributed by atoms with Crippen LogP contribution in [0.2, 0.25) is 0 Å². The van der Waals surface area contributed by atoms with Crippen molar-refractivity contribution < 1.29 is 28.9 Å². The topological polar surface area (TPSA) is 88.7 Å². The molecule has 2 saturated heterocycles. The van der Waals surface area contributed by atoms with Crippen molar-refractivity contribution in [2.24, 2.45) is 0 Å². The van der Waals surface area contributed by atoms with Crippen LogP contribution in [0.15, 0.2) is 11.6 Å². The standard InChI is InChI=1S/C10H12O6/c11-9(12)2-6(1-7-3-14-7)10(13)16-5-8-4-15-8/h2,7-8H,1,3-5H2,(H,11,12). The summed E-state index contributed by atoms with van der Waals surface area (Å²) in [6.45, 7) is 1.34. The zero-order valence-electron chi connectivity index (χ0n) is 8.55. The van der Waals surface area contributed by atoms with Crippen molar-refractivity contribution in [3.8, 4) is 0 Å². The molecule has 2 fully saturated rings. The second-order valence-corrected chi connectivity index (χ2v) is 3.72. The van der Waals surface area contributed by atoms with Crippen LogP contribution in [0.5, 0.6) is 0 Å². The highest BCUT2D eigenvalue weighted by Gasteiger charge is 2.29. The zero-order valence-corrected chi connectivity index (χ0v) is 8.55. The van der Waals surface area contributed by atoms with E-state index < -0.39 is 11.9 Å². The number of epoxide rings is 2. The van der Waals surface area contributed by atoms with Crippen molar-refractivity contribution in [2.45, 2.75) is 18.6 Å². The second kappa shape index (κ2) is 4.63. The molecule has 6 nitrogen and oxygen atoms in total. The molecular weight excluding hydrogens is 216 g/mol. The van der Waals surface area contributed by atoms with Crippen LogP contribution in [-0.4, -0.2) is 49.1 Å². The fourth-order valence-electron chi connectivity index (χ4n) is 1.21. The molecule has 2 unspecified atom stereocenters. The molecule has 0 aliphatic carbocycles. The predicted octanol–water partition coefficient (Wildman–Crippen LogP) is -0.272. The quantitative estimate of drug-likeness (QED) is 0.382. The van der Waals surface area contributed by atoms with Crippen LogP contribution >= 0.6 is 0 Å². The summed E-state index contributed by atoms with van der Waals surface area (Å²) < 4.78 is 14.7. The highest BCUT2D eigenvalue weighted by Crippen LogP contribution is 2.20. The number of carboxylic acids is 1. The van der Waals surface area contributed by atoms with E-state index in [4.69, 9.17) is 19.3 Å². The summed E-state index contributed by atoms with van der Waals surface area (Å²) >= 11 is 0. The third kappa shape index (κ3) is 3.63. The highest BCUT2D eigenvalue weighted by atomic mass is 16.6. The van der Waals surface area contributed by atoms with Gasteiger partial charge in [-0.2, -0.15) is 0 Å². The van der Waals surface area contributed by atoms with Gasteiger partial charge in [0.05, 0.1) is 19.3 Å². The summed E-state index contributed by atoms with van der Waals surface area (Å²) in [5, 5.41) is 8.61. The smallest absolute Gasteiger partial charge is 0.334 e. The normalized spacial score (nSPS) is 27.4. The van der Waals surface area contributed by atoms with Gasteiger partial charge in [0.25, 0.3) is 0 Å². The van der Waals surface area contributed by atoms with Crippen molar-refractivity contribution in [1.29, 1.82) is 0 Å². The van der Waals surface area contributed by atoms with Crippen molar-refractivity contribution in [3.63, 3.8) is 0 Å². The van der Waals surface area contributed by atoms with Gasteiger partial charge in [0.2, 0.25) is 0 Å². The van der Waals surface area contributed by atoms with E-state index >= 15 is 0 Å². The van der Waals surface area contributed by atoms with Gasteiger partial charge in [-0.05, 0) is 0 Å². The third-order valence-corrected chi connectivity index (χ3v) is 2.21. The van der Waals surface area contributed by atoms with Gasteiger partial charge in [0, 0.05) is 18.1 Å². The molecule has 2 rings (SSSR count). The zero-order chi connectivity index (χ0) is 11.5. The Morgan fingerprint density at radius 1 is 1.31 bits per heavy atom. The van der Waals surface area contributed by atoms with Crippen molar-refractivity contribution >= 4 is 11.9 Å². The summed E-state index contributed by atoms with van der Waals surface area (Å²) in [5.74, 6) is -1.76. The first-order chi connectivity index (χ1) is 7.65. The molecule has 0 bridgehead atoms. The van der Waals surface area contributed by atoms with E-state index in [2.05, 4.69) is 0 Å². The van der Waals surface area contributed by atoms with Crippen LogP contribution in [0.4, 0.5) is 0 Å². The molecule has 0 spiro atoms. The monoisotopic (exact) mass is 228 g/mol. The lowest BCUT2D eigenvalue weighted by Gasteiger charge is -2.04. The van der Waals surface area contributed by atoms with Crippen LogP contribution in [0.1, 0.15) is 6.42 Å². The third-order valence-electron chi connectivity index (χ3n) is 2.21. The van der Waals surface area contributed by atoms with Crippen LogP contribution in [-0.2, 0) is 23.8 Å². The van der Waals surface area contributed by atoms with Gasteiger partial charge in [0.1, 0.15) is 12.7 Å². The molecule has 0 radical (unpaired) electrons. The molecule has 2 atom stereocenters. The van der Waals surface area contributed by atoms with Crippen molar-refractivity contribution in [2.75, 3.05) is 19.8 Å². The molecular formula is C10H12O6. The summed E-state index contributed by atoms with van der Waals surface area (Å²) in [5.41, 5.74) is 0.135.